The van der Waals surface area contributed by atoms with Crippen molar-refractivity contribution in [1.82, 2.24) is 0 Å². The second-order valence-electron chi connectivity index (χ2n) is 3.85. The van der Waals surface area contributed by atoms with Crippen LogP contribution < -0.4 is 5.73 Å². The third-order valence-electron chi connectivity index (χ3n) is 2.60. The van der Waals surface area contributed by atoms with Gasteiger partial charge in [0, 0.05) is 15.7 Å². The molecular weight excluding hydrogens is 337 g/mol. The maximum atomic E-state index is 10.3. The third-order valence-corrected chi connectivity index (χ3v) is 3.84. The first-order valence-corrected chi connectivity index (χ1v) is 6.72. The molecule has 0 aliphatic carbocycles. The lowest BCUT2D eigenvalue weighted by Gasteiger charge is -2.15. The summed E-state index contributed by atoms with van der Waals surface area (Å²) in [5.41, 5.74) is 7.66. The average molecular weight is 347 g/mol. The van der Waals surface area contributed by atoms with Crippen molar-refractivity contribution in [3.05, 3.63) is 62.0 Å². The van der Waals surface area contributed by atoms with E-state index in [0.29, 0.717) is 26.9 Å². The average Bonchev–Trinajstić information content (AvgIpc) is 2.35. The van der Waals surface area contributed by atoms with E-state index in [2.05, 4.69) is 15.9 Å². The van der Waals surface area contributed by atoms with Crippen molar-refractivity contribution in [2.45, 2.75) is 6.10 Å². The highest BCUT2D eigenvalue weighted by Crippen LogP contribution is 2.32. The summed E-state index contributed by atoms with van der Waals surface area (Å²) in [6.07, 6.45) is -0.836. The van der Waals surface area contributed by atoms with Gasteiger partial charge in [0.1, 0.15) is 6.10 Å². The summed E-state index contributed by atoms with van der Waals surface area (Å²) < 4.78 is 0.853. The van der Waals surface area contributed by atoms with Crippen molar-refractivity contribution in [2.24, 2.45) is 0 Å². The molecule has 5 heteroatoms. The van der Waals surface area contributed by atoms with Gasteiger partial charge in [-0.1, -0.05) is 45.2 Å². The number of hydrogen-bond acceptors (Lipinski definition) is 2. The zero-order valence-electron chi connectivity index (χ0n) is 9.20. The second kappa shape index (κ2) is 5.49. The van der Waals surface area contributed by atoms with Gasteiger partial charge in [0.2, 0.25) is 0 Å². The van der Waals surface area contributed by atoms with Gasteiger partial charge in [0.05, 0.1) is 10.0 Å². The van der Waals surface area contributed by atoms with Crippen molar-refractivity contribution in [2.75, 3.05) is 5.73 Å². The summed E-state index contributed by atoms with van der Waals surface area (Å²) in [6.45, 7) is 0. The van der Waals surface area contributed by atoms with E-state index in [1.54, 1.807) is 30.3 Å². The van der Waals surface area contributed by atoms with Gasteiger partial charge < -0.3 is 10.8 Å². The van der Waals surface area contributed by atoms with Crippen molar-refractivity contribution in [3.8, 4) is 0 Å². The van der Waals surface area contributed by atoms with Crippen LogP contribution in [-0.4, -0.2) is 5.11 Å². The van der Waals surface area contributed by atoms with Crippen LogP contribution >= 0.6 is 39.1 Å². The lowest BCUT2D eigenvalue weighted by atomic mass is 10.0. The standard InChI is InChI=1S/C13H10BrCl2NO/c14-8-2-4-12(17)9(6-8)13(18)7-1-3-10(15)11(16)5-7/h1-6,13,18H,17H2. The quantitative estimate of drug-likeness (QED) is 0.790. The maximum Gasteiger partial charge on any atom is 0.106 e. The van der Waals surface area contributed by atoms with Crippen LogP contribution in [0.3, 0.4) is 0 Å². The van der Waals surface area contributed by atoms with Crippen molar-refractivity contribution >= 4 is 44.8 Å². The summed E-state index contributed by atoms with van der Waals surface area (Å²) in [5.74, 6) is 0. The van der Waals surface area contributed by atoms with Gasteiger partial charge in [0.25, 0.3) is 0 Å². The van der Waals surface area contributed by atoms with E-state index in [4.69, 9.17) is 28.9 Å². The molecule has 3 N–H and O–H groups in total. The summed E-state index contributed by atoms with van der Waals surface area (Å²) in [4.78, 5) is 0. The summed E-state index contributed by atoms with van der Waals surface area (Å²) in [7, 11) is 0. The third kappa shape index (κ3) is 2.81. The van der Waals surface area contributed by atoms with Gasteiger partial charge in [0.15, 0.2) is 0 Å². The van der Waals surface area contributed by atoms with Crippen LogP contribution in [0.4, 0.5) is 5.69 Å². The topological polar surface area (TPSA) is 46.2 Å². The molecule has 0 aliphatic heterocycles. The van der Waals surface area contributed by atoms with Gasteiger partial charge in [-0.25, -0.2) is 0 Å². The fourth-order valence-corrected chi connectivity index (χ4v) is 2.33. The molecule has 2 rings (SSSR count). The van der Waals surface area contributed by atoms with E-state index in [1.165, 1.54) is 0 Å². The maximum absolute atomic E-state index is 10.3. The number of aliphatic hydroxyl groups is 1. The zero-order chi connectivity index (χ0) is 13.3. The second-order valence-corrected chi connectivity index (χ2v) is 5.58. The van der Waals surface area contributed by atoms with Gasteiger partial charge in [-0.15, -0.1) is 0 Å². The van der Waals surface area contributed by atoms with Gasteiger partial charge in [-0.3, -0.25) is 0 Å². The fourth-order valence-electron chi connectivity index (χ4n) is 1.64. The predicted octanol–water partition coefficient (Wildman–Crippen LogP) is 4.42. The zero-order valence-corrected chi connectivity index (χ0v) is 12.3. The Morgan fingerprint density at radius 2 is 1.78 bits per heavy atom. The van der Waals surface area contributed by atoms with E-state index in [-0.39, 0.29) is 0 Å². The molecule has 1 unspecified atom stereocenters. The first-order valence-electron chi connectivity index (χ1n) is 5.17. The molecule has 0 saturated carbocycles. The molecule has 0 bridgehead atoms. The lowest BCUT2D eigenvalue weighted by Crippen LogP contribution is -2.03. The molecule has 94 valence electrons. The molecule has 0 aliphatic rings. The summed E-state index contributed by atoms with van der Waals surface area (Å²) >= 11 is 15.1. The number of nitrogens with two attached hydrogens (primary N) is 1. The first kappa shape index (κ1) is 13.7. The molecule has 0 heterocycles. The summed E-state index contributed by atoms with van der Waals surface area (Å²) in [5, 5.41) is 11.2. The Kier molecular flexibility index (Phi) is 4.17. The van der Waals surface area contributed by atoms with E-state index in [0.717, 1.165) is 4.47 Å². The molecule has 0 aromatic heterocycles. The number of anilines is 1. The molecule has 2 aromatic carbocycles. The molecule has 0 fully saturated rings. The molecule has 2 nitrogen and oxygen atoms in total. The van der Waals surface area contributed by atoms with Crippen LogP contribution in [0.15, 0.2) is 40.9 Å². The SMILES string of the molecule is Nc1ccc(Br)cc1C(O)c1ccc(Cl)c(Cl)c1. The van der Waals surface area contributed by atoms with Gasteiger partial charge in [-0.05, 0) is 35.9 Å². The molecule has 18 heavy (non-hydrogen) atoms. The number of aliphatic hydroxyl groups excluding tert-OH is 1. The number of halogens is 3. The Morgan fingerprint density at radius 3 is 2.44 bits per heavy atom. The first-order chi connectivity index (χ1) is 8.49. The number of nitrogen functional groups attached to an aromatic ring is 1. The minimum absolute atomic E-state index is 0.404. The smallest absolute Gasteiger partial charge is 0.106 e. The highest BCUT2D eigenvalue weighted by atomic mass is 79.9. The number of rotatable bonds is 2. The van der Waals surface area contributed by atoms with E-state index >= 15 is 0 Å². The van der Waals surface area contributed by atoms with Gasteiger partial charge in [-0.2, -0.15) is 0 Å². The molecule has 0 radical (unpaired) electrons. The Labute approximate surface area is 123 Å². The van der Waals surface area contributed by atoms with Crippen LogP contribution in [0.1, 0.15) is 17.2 Å². The Hall–Kier alpha value is -0.740. The Bertz CT molecular complexity index is 589. The Balaban J connectivity index is 2.44. The van der Waals surface area contributed by atoms with E-state index in [9.17, 15) is 5.11 Å². The van der Waals surface area contributed by atoms with E-state index in [1.807, 2.05) is 6.07 Å². The minimum Gasteiger partial charge on any atom is -0.398 e. The van der Waals surface area contributed by atoms with Crippen LogP contribution in [0.5, 0.6) is 0 Å². The Morgan fingerprint density at radius 1 is 1.06 bits per heavy atom. The van der Waals surface area contributed by atoms with Crippen LogP contribution in [0, 0.1) is 0 Å². The highest BCUT2D eigenvalue weighted by molar-refractivity contribution is 9.10. The lowest BCUT2D eigenvalue weighted by molar-refractivity contribution is 0.221. The summed E-state index contributed by atoms with van der Waals surface area (Å²) in [6, 6.07) is 10.3. The van der Waals surface area contributed by atoms with Crippen molar-refractivity contribution in [3.63, 3.8) is 0 Å². The predicted molar refractivity (Wildman–Crippen MR) is 79.1 cm³/mol. The van der Waals surface area contributed by atoms with Crippen molar-refractivity contribution < 1.29 is 5.11 Å². The van der Waals surface area contributed by atoms with E-state index < -0.39 is 6.10 Å². The van der Waals surface area contributed by atoms with Crippen LogP contribution in [-0.2, 0) is 0 Å². The largest absolute Gasteiger partial charge is 0.398 e. The fraction of sp³-hybridized carbons (Fsp3) is 0.0769. The monoisotopic (exact) mass is 345 g/mol. The van der Waals surface area contributed by atoms with Crippen molar-refractivity contribution in [1.29, 1.82) is 0 Å². The molecule has 0 spiro atoms. The van der Waals surface area contributed by atoms with Gasteiger partial charge >= 0.3 is 0 Å². The minimum atomic E-state index is -0.836. The number of hydrogen-bond donors (Lipinski definition) is 2. The highest BCUT2D eigenvalue weighted by Gasteiger charge is 2.15. The van der Waals surface area contributed by atoms with Crippen LogP contribution in [0.25, 0.3) is 0 Å². The molecular formula is C13H10BrCl2NO. The molecule has 0 amide bonds. The molecule has 1 atom stereocenters. The normalized spacial score (nSPS) is 12.4. The van der Waals surface area contributed by atoms with Crippen LogP contribution in [0.2, 0.25) is 10.0 Å². The molecule has 2 aromatic rings. The molecule has 0 saturated heterocycles. The number of benzene rings is 2.